The molecule has 3 rings (SSSR count). The van der Waals surface area contributed by atoms with E-state index >= 15 is 0 Å². The van der Waals surface area contributed by atoms with Crippen LogP contribution in [0.15, 0.2) is 53.7 Å². The number of benzene rings is 1. The van der Waals surface area contributed by atoms with Crippen molar-refractivity contribution in [3.05, 3.63) is 71.6 Å². The lowest BCUT2D eigenvalue weighted by molar-refractivity contribution is 0.621. The second-order valence-corrected chi connectivity index (χ2v) is 4.24. The molecule has 94 valence electrons. The van der Waals surface area contributed by atoms with E-state index in [9.17, 15) is 8.78 Å². The lowest BCUT2D eigenvalue weighted by Crippen LogP contribution is -1.97. The highest BCUT2D eigenvalue weighted by atomic mass is 19.1. The molecule has 0 saturated heterocycles. The van der Waals surface area contributed by atoms with E-state index < -0.39 is 0 Å². The minimum Gasteiger partial charge on any atom is -0.278 e. The molecule has 0 N–H and O–H groups in total. The van der Waals surface area contributed by atoms with E-state index in [0.29, 0.717) is 12.2 Å². The van der Waals surface area contributed by atoms with Crippen molar-refractivity contribution in [1.29, 1.82) is 0 Å². The third kappa shape index (κ3) is 2.42. The number of aromatic nitrogens is 1. The van der Waals surface area contributed by atoms with Crippen LogP contribution in [0.5, 0.6) is 0 Å². The molecule has 0 aliphatic carbocycles. The zero-order chi connectivity index (χ0) is 13.2. The van der Waals surface area contributed by atoms with E-state index in [1.807, 2.05) is 6.08 Å². The molecular formula is C15H10F2N2. The molecule has 1 aliphatic rings. The van der Waals surface area contributed by atoms with Gasteiger partial charge in [0.2, 0.25) is 0 Å². The van der Waals surface area contributed by atoms with Crippen LogP contribution in [0.25, 0.3) is 5.57 Å². The third-order valence-electron chi connectivity index (χ3n) is 2.94. The summed E-state index contributed by atoms with van der Waals surface area (Å²) >= 11 is 0. The minimum absolute atomic E-state index is 0.260. The molecular weight excluding hydrogens is 246 g/mol. The van der Waals surface area contributed by atoms with Crippen LogP contribution in [-0.4, -0.2) is 17.2 Å². The fraction of sp³-hybridized carbons (Fsp3) is 0.0667. The molecule has 1 aromatic heterocycles. The first-order valence-corrected chi connectivity index (χ1v) is 5.85. The molecule has 0 bridgehead atoms. The average molecular weight is 256 g/mol. The fourth-order valence-corrected chi connectivity index (χ4v) is 1.95. The smallest absolute Gasteiger partial charge is 0.141 e. The maximum Gasteiger partial charge on any atom is 0.141 e. The molecule has 2 aromatic rings. The molecule has 0 atom stereocenters. The summed E-state index contributed by atoms with van der Waals surface area (Å²) in [6, 6.07) is 9.23. The van der Waals surface area contributed by atoms with Crippen molar-refractivity contribution in [3.63, 3.8) is 0 Å². The van der Waals surface area contributed by atoms with Crippen LogP contribution in [0.3, 0.4) is 0 Å². The van der Waals surface area contributed by atoms with Crippen LogP contribution in [0, 0.1) is 11.6 Å². The normalized spacial score (nSPS) is 14.2. The minimum atomic E-state index is -0.370. The average Bonchev–Trinajstić information content (AvgIpc) is 2.90. The van der Waals surface area contributed by atoms with Gasteiger partial charge in [0.05, 0.1) is 24.1 Å². The number of hydrogen-bond donors (Lipinski definition) is 0. The molecule has 0 unspecified atom stereocenters. The van der Waals surface area contributed by atoms with Crippen molar-refractivity contribution >= 4 is 11.3 Å². The summed E-state index contributed by atoms with van der Waals surface area (Å²) in [7, 11) is 0. The van der Waals surface area contributed by atoms with Gasteiger partial charge >= 0.3 is 0 Å². The Balaban J connectivity index is 1.87. The van der Waals surface area contributed by atoms with E-state index in [2.05, 4.69) is 9.98 Å². The molecule has 0 spiro atoms. The summed E-state index contributed by atoms with van der Waals surface area (Å²) in [5, 5.41) is 0. The summed E-state index contributed by atoms with van der Waals surface area (Å²) in [6.07, 6.45) is 3.06. The molecule has 19 heavy (non-hydrogen) atoms. The van der Waals surface area contributed by atoms with Crippen LogP contribution in [0.4, 0.5) is 8.78 Å². The van der Waals surface area contributed by atoms with Gasteiger partial charge in [-0.05, 0) is 41.5 Å². The Labute approximate surface area is 109 Å². The summed E-state index contributed by atoms with van der Waals surface area (Å²) in [4.78, 5) is 8.35. The van der Waals surface area contributed by atoms with Crippen LogP contribution in [-0.2, 0) is 0 Å². The Morgan fingerprint density at radius 3 is 2.32 bits per heavy atom. The predicted octanol–water partition coefficient (Wildman–Crippen LogP) is 3.25. The van der Waals surface area contributed by atoms with Gasteiger partial charge in [0.1, 0.15) is 11.6 Å². The highest BCUT2D eigenvalue weighted by Crippen LogP contribution is 2.21. The number of halogens is 2. The third-order valence-corrected chi connectivity index (χ3v) is 2.94. The summed E-state index contributed by atoms with van der Waals surface area (Å²) < 4.78 is 25.7. The molecule has 1 aliphatic heterocycles. The van der Waals surface area contributed by atoms with Gasteiger partial charge in [0.25, 0.3) is 0 Å². The van der Waals surface area contributed by atoms with Crippen LogP contribution in [0.2, 0.25) is 0 Å². The zero-order valence-corrected chi connectivity index (χ0v) is 9.98. The van der Waals surface area contributed by atoms with E-state index in [0.717, 1.165) is 16.8 Å². The van der Waals surface area contributed by atoms with Gasteiger partial charge in [-0.25, -0.2) is 8.78 Å². The Hall–Kier alpha value is -2.36. The van der Waals surface area contributed by atoms with Gasteiger partial charge in [-0.15, -0.1) is 0 Å². The summed E-state index contributed by atoms with van der Waals surface area (Å²) in [5.41, 5.74) is 3.29. The molecule has 4 heteroatoms. The quantitative estimate of drug-likeness (QED) is 0.809. The van der Waals surface area contributed by atoms with Crippen LogP contribution < -0.4 is 0 Å². The maximum atomic E-state index is 12.9. The topological polar surface area (TPSA) is 25.2 Å². The summed E-state index contributed by atoms with van der Waals surface area (Å²) in [5.74, 6) is -0.631. The lowest BCUT2D eigenvalue weighted by Gasteiger charge is -1.99. The molecule has 0 amide bonds. The van der Waals surface area contributed by atoms with E-state index in [-0.39, 0.29) is 11.6 Å². The van der Waals surface area contributed by atoms with Gasteiger partial charge in [0.15, 0.2) is 0 Å². The second kappa shape index (κ2) is 4.72. The Kier molecular flexibility index (Phi) is 2.91. The number of hydrogen-bond acceptors (Lipinski definition) is 2. The molecule has 2 nitrogen and oxygen atoms in total. The lowest BCUT2D eigenvalue weighted by atomic mass is 10.1. The highest BCUT2D eigenvalue weighted by molar-refractivity contribution is 6.13. The fourth-order valence-electron chi connectivity index (χ4n) is 1.95. The predicted molar refractivity (Wildman–Crippen MR) is 70.0 cm³/mol. The Bertz CT molecular complexity index is 656. The second-order valence-electron chi connectivity index (χ2n) is 4.24. The van der Waals surface area contributed by atoms with Crippen molar-refractivity contribution in [1.82, 2.24) is 4.98 Å². The standard InChI is InChI=1S/C15H10F2N2/c16-12-3-1-10(2-4-12)11-7-15(18-8-11)14-6-5-13(17)9-19-14/h1-7,9H,8H2. The van der Waals surface area contributed by atoms with Crippen LogP contribution in [0.1, 0.15) is 11.3 Å². The molecule has 0 fully saturated rings. The van der Waals surface area contributed by atoms with Crippen molar-refractivity contribution in [2.75, 3.05) is 6.54 Å². The number of pyridine rings is 1. The van der Waals surface area contributed by atoms with Crippen molar-refractivity contribution in [2.45, 2.75) is 0 Å². The first-order chi connectivity index (χ1) is 9.22. The molecule has 0 radical (unpaired) electrons. The molecule has 1 aromatic carbocycles. The Morgan fingerprint density at radius 2 is 1.63 bits per heavy atom. The number of allylic oxidation sites excluding steroid dienone is 1. The maximum absolute atomic E-state index is 12.9. The zero-order valence-electron chi connectivity index (χ0n) is 9.98. The van der Waals surface area contributed by atoms with Crippen molar-refractivity contribution < 1.29 is 8.78 Å². The van der Waals surface area contributed by atoms with Gasteiger partial charge in [-0.2, -0.15) is 0 Å². The monoisotopic (exact) mass is 256 g/mol. The first kappa shape index (κ1) is 11.7. The van der Waals surface area contributed by atoms with E-state index in [1.165, 1.54) is 24.4 Å². The molecule has 2 heterocycles. The van der Waals surface area contributed by atoms with Gasteiger partial charge in [-0.1, -0.05) is 12.1 Å². The van der Waals surface area contributed by atoms with Crippen molar-refractivity contribution in [3.8, 4) is 0 Å². The van der Waals surface area contributed by atoms with Crippen LogP contribution >= 0.6 is 0 Å². The van der Waals surface area contributed by atoms with E-state index in [4.69, 9.17) is 0 Å². The number of nitrogens with zero attached hydrogens (tertiary/aromatic N) is 2. The van der Waals surface area contributed by atoms with Crippen molar-refractivity contribution in [2.24, 2.45) is 4.99 Å². The largest absolute Gasteiger partial charge is 0.278 e. The van der Waals surface area contributed by atoms with Gasteiger partial charge in [0, 0.05) is 0 Å². The Morgan fingerprint density at radius 1 is 0.895 bits per heavy atom. The summed E-state index contributed by atoms with van der Waals surface area (Å²) in [6.45, 7) is 0.528. The number of rotatable bonds is 2. The number of aliphatic imine (C=N–C) groups is 1. The van der Waals surface area contributed by atoms with Gasteiger partial charge in [-0.3, -0.25) is 9.98 Å². The van der Waals surface area contributed by atoms with Gasteiger partial charge < -0.3 is 0 Å². The van der Waals surface area contributed by atoms with E-state index in [1.54, 1.807) is 18.2 Å². The highest BCUT2D eigenvalue weighted by Gasteiger charge is 2.12. The molecule has 0 saturated carbocycles. The first-order valence-electron chi connectivity index (χ1n) is 5.85. The SMILES string of the molecule is Fc1ccc(C2=CC(c3ccc(F)cn3)=NC2)cc1.